The topological polar surface area (TPSA) is 196 Å². The number of nitrogens with one attached hydrogen (secondary N) is 1. The van der Waals surface area contributed by atoms with Gasteiger partial charge < -0.3 is 25.9 Å². The maximum atomic E-state index is 14.3. The van der Waals surface area contributed by atoms with Crippen LogP contribution in [-0.2, 0) is 16.0 Å². The Morgan fingerprint density at radius 1 is 1.45 bits per heavy atom. The predicted molar refractivity (Wildman–Crippen MR) is 102 cm³/mol. The summed E-state index contributed by atoms with van der Waals surface area (Å²) >= 11 is -2.22. The molecule has 0 spiro atoms. The number of amides is 1. The van der Waals surface area contributed by atoms with Gasteiger partial charge in [-0.25, -0.2) is 19.0 Å². The van der Waals surface area contributed by atoms with Crippen molar-refractivity contribution >= 4 is 57.0 Å². The van der Waals surface area contributed by atoms with E-state index in [4.69, 9.17) is 21.3 Å². The minimum absolute atomic E-state index is 0.0161. The van der Waals surface area contributed by atoms with Gasteiger partial charge in [0.2, 0.25) is 0 Å². The molecule has 15 heteroatoms. The third kappa shape index (κ3) is 5.84. The second-order valence-electron chi connectivity index (χ2n) is 5.05. The first-order chi connectivity index (χ1) is 13.7. The lowest BCUT2D eigenvalue weighted by Crippen LogP contribution is -2.24. The van der Waals surface area contributed by atoms with Gasteiger partial charge in [0.15, 0.2) is 11.7 Å². The molecule has 0 aliphatic rings. The number of hydrogen-bond acceptors (Lipinski definition) is 8. The molecule has 12 nitrogen and oxygen atoms in total. The molecule has 0 aliphatic heterocycles. The number of carboxylic acid groups (broad SMARTS) is 1. The normalized spacial score (nSPS) is 11.4. The summed E-state index contributed by atoms with van der Waals surface area (Å²) in [6.07, 6.45) is -0.984. The molecule has 1 unspecified atom stereocenters. The van der Waals surface area contributed by atoms with Gasteiger partial charge in [0.25, 0.3) is 0 Å². The summed E-state index contributed by atoms with van der Waals surface area (Å²) in [5, 5.41) is 11.0. The van der Waals surface area contributed by atoms with E-state index in [0.29, 0.717) is 4.31 Å². The van der Waals surface area contributed by atoms with Crippen LogP contribution in [0, 0.1) is 5.82 Å². The van der Waals surface area contributed by atoms with E-state index in [9.17, 15) is 22.7 Å². The van der Waals surface area contributed by atoms with Crippen LogP contribution in [0.1, 0.15) is 10.5 Å². The maximum Gasteiger partial charge on any atom is 0.411 e. The Bertz CT molecular complexity index is 964. The number of anilines is 3. The van der Waals surface area contributed by atoms with E-state index >= 15 is 0 Å². The second-order valence-corrected chi connectivity index (χ2v) is 6.69. The van der Waals surface area contributed by atoms with Crippen molar-refractivity contribution in [1.29, 1.82) is 0 Å². The van der Waals surface area contributed by atoms with E-state index < -0.39 is 34.8 Å². The number of thiazole rings is 1. The Labute approximate surface area is 169 Å². The van der Waals surface area contributed by atoms with Crippen LogP contribution < -0.4 is 21.1 Å². The second kappa shape index (κ2) is 9.76. The molecule has 1 aromatic carbocycles. The molecule has 29 heavy (non-hydrogen) atoms. The Morgan fingerprint density at radius 3 is 2.76 bits per heavy atom. The van der Waals surface area contributed by atoms with Crippen molar-refractivity contribution in [2.45, 2.75) is 0 Å². The summed E-state index contributed by atoms with van der Waals surface area (Å²) < 4.78 is 42.9. The molecule has 1 atom stereocenters. The average molecular weight is 445 g/mol. The van der Waals surface area contributed by atoms with Crippen LogP contribution in [0.3, 0.4) is 0 Å². The Hall–Kier alpha value is -3.30. The number of rotatable bonds is 8. The summed E-state index contributed by atoms with van der Waals surface area (Å²) in [4.78, 5) is 30.0. The molecular formula is C14H14FN6O6S2-. The number of aromatic carboxylic acids is 1. The predicted octanol–water partition coefficient (Wildman–Crippen LogP) is 0.735. The van der Waals surface area contributed by atoms with Crippen molar-refractivity contribution in [3.8, 4) is 0 Å². The summed E-state index contributed by atoms with van der Waals surface area (Å²) in [5.74, 6) is -2.61. The summed E-state index contributed by atoms with van der Waals surface area (Å²) in [6.45, 7) is -0.141. The standard InChI is InChI=1S/C14H15FN6O6S2/c15-8-5-7(21(29(25)26)11-10(12(22)23)19-6-28-11)1-2-9(8)20-14(24)27-4-3-18-13(16)17/h1-2,5-6H,3-4H2,(H,20,24)(H,22,23)(H,25,26)(H4,16,17,18)/p-1. The van der Waals surface area contributed by atoms with Crippen molar-refractivity contribution in [3.05, 3.63) is 35.2 Å². The smallest absolute Gasteiger partial charge is 0.411 e. The highest BCUT2D eigenvalue weighted by Gasteiger charge is 2.23. The van der Waals surface area contributed by atoms with Gasteiger partial charge in [-0.2, -0.15) is 0 Å². The van der Waals surface area contributed by atoms with Crippen molar-refractivity contribution in [2.75, 3.05) is 22.8 Å². The number of carbonyl (C=O) groups excluding carboxylic acids is 1. The SMILES string of the molecule is NC(N)=NCCOC(=O)Nc1ccc(N(c2scnc2C(=O)O)S(=O)[O-])cc1F. The number of nitrogens with two attached hydrogens (primary N) is 2. The van der Waals surface area contributed by atoms with Crippen LogP contribution in [0.4, 0.5) is 25.6 Å². The number of aromatic nitrogens is 1. The molecule has 156 valence electrons. The van der Waals surface area contributed by atoms with Crippen molar-refractivity contribution in [2.24, 2.45) is 16.5 Å². The van der Waals surface area contributed by atoms with Gasteiger partial charge in [-0.05, 0) is 12.1 Å². The zero-order chi connectivity index (χ0) is 21.6. The van der Waals surface area contributed by atoms with E-state index in [1.165, 1.54) is 6.07 Å². The number of ether oxygens (including phenoxy) is 1. The fraction of sp³-hybridized carbons (Fsp3) is 0.143. The van der Waals surface area contributed by atoms with Crippen LogP contribution in [0.5, 0.6) is 0 Å². The van der Waals surface area contributed by atoms with E-state index in [1.54, 1.807) is 0 Å². The largest absolute Gasteiger partial charge is 0.755 e. The molecule has 2 aromatic rings. The highest BCUT2D eigenvalue weighted by atomic mass is 32.2. The van der Waals surface area contributed by atoms with Crippen molar-refractivity contribution in [1.82, 2.24) is 4.98 Å². The Balaban J connectivity index is 2.17. The minimum Gasteiger partial charge on any atom is -0.755 e. The van der Waals surface area contributed by atoms with Gasteiger partial charge in [0, 0.05) is 6.07 Å². The van der Waals surface area contributed by atoms with Gasteiger partial charge in [-0.1, -0.05) is 0 Å². The number of nitrogens with zero attached hydrogens (tertiary/aromatic N) is 3. The molecule has 0 aliphatic carbocycles. The zero-order valence-corrected chi connectivity index (χ0v) is 16.0. The fourth-order valence-corrected chi connectivity index (χ4v) is 3.52. The molecule has 6 N–H and O–H groups in total. The maximum absolute atomic E-state index is 14.3. The number of benzene rings is 1. The first-order valence-electron chi connectivity index (χ1n) is 7.55. The van der Waals surface area contributed by atoms with Crippen molar-refractivity contribution < 1.29 is 32.6 Å². The summed E-state index contributed by atoms with van der Waals surface area (Å²) in [6, 6.07) is 3.05. The molecule has 0 bridgehead atoms. The molecule has 0 saturated carbocycles. The lowest BCUT2D eigenvalue weighted by molar-refractivity contribution is 0.0692. The van der Waals surface area contributed by atoms with E-state index in [2.05, 4.69) is 15.3 Å². The number of aliphatic imine (C=N–C) groups is 1. The Morgan fingerprint density at radius 2 is 2.17 bits per heavy atom. The number of guanidine groups is 1. The number of hydrogen-bond donors (Lipinski definition) is 4. The third-order valence-corrected chi connectivity index (χ3v) is 4.74. The number of carboxylic acids is 1. The highest BCUT2D eigenvalue weighted by molar-refractivity contribution is 7.81. The molecule has 0 saturated heterocycles. The van der Waals surface area contributed by atoms with Crippen LogP contribution >= 0.6 is 11.3 Å². The van der Waals surface area contributed by atoms with Gasteiger partial charge >= 0.3 is 12.1 Å². The number of halogens is 1. The first kappa shape index (κ1) is 22.0. The van der Waals surface area contributed by atoms with Crippen molar-refractivity contribution in [3.63, 3.8) is 0 Å². The molecule has 1 heterocycles. The summed E-state index contributed by atoms with van der Waals surface area (Å²) in [7, 11) is 0. The zero-order valence-electron chi connectivity index (χ0n) is 14.4. The molecular weight excluding hydrogens is 431 g/mol. The fourth-order valence-electron chi connectivity index (χ4n) is 1.99. The minimum atomic E-state index is -2.97. The molecule has 1 amide bonds. The van der Waals surface area contributed by atoms with Gasteiger partial charge in [-0.15, -0.1) is 11.3 Å². The molecule has 2 rings (SSSR count). The quantitative estimate of drug-likeness (QED) is 0.196. The van der Waals surface area contributed by atoms with E-state index in [0.717, 1.165) is 29.0 Å². The third-order valence-electron chi connectivity index (χ3n) is 3.13. The lowest BCUT2D eigenvalue weighted by Gasteiger charge is -2.25. The van der Waals surface area contributed by atoms with Crippen LogP contribution in [0.2, 0.25) is 0 Å². The van der Waals surface area contributed by atoms with E-state index in [1.807, 2.05) is 0 Å². The molecule has 0 fully saturated rings. The Kier molecular flexibility index (Phi) is 7.40. The van der Waals surface area contributed by atoms with Gasteiger partial charge in [0.1, 0.15) is 17.4 Å². The highest BCUT2D eigenvalue weighted by Crippen LogP contribution is 2.34. The van der Waals surface area contributed by atoms with Crippen LogP contribution in [-0.4, -0.2) is 50.0 Å². The average Bonchev–Trinajstić information content (AvgIpc) is 3.10. The van der Waals surface area contributed by atoms with Crippen LogP contribution in [0.15, 0.2) is 28.7 Å². The monoisotopic (exact) mass is 445 g/mol. The lowest BCUT2D eigenvalue weighted by atomic mass is 10.2. The summed E-state index contributed by atoms with van der Waals surface area (Å²) in [5.41, 5.74) is 10.4. The van der Waals surface area contributed by atoms with Gasteiger partial charge in [0.05, 0.1) is 34.7 Å². The van der Waals surface area contributed by atoms with Crippen LogP contribution in [0.25, 0.3) is 0 Å². The number of carbonyl (C=O) groups is 2. The first-order valence-corrected chi connectivity index (χ1v) is 9.47. The van der Waals surface area contributed by atoms with Gasteiger partial charge in [-0.3, -0.25) is 18.8 Å². The molecule has 0 radical (unpaired) electrons. The van der Waals surface area contributed by atoms with E-state index in [-0.39, 0.29) is 35.5 Å². The molecule has 1 aromatic heterocycles.